The third-order valence-electron chi connectivity index (χ3n) is 5.35. The summed E-state index contributed by atoms with van der Waals surface area (Å²) in [5.41, 5.74) is 1.27. The number of hydrogen-bond donors (Lipinski definition) is 2. The van der Waals surface area contributed by atoms with Gasteiger partial charge in [-0.3, -0.25) is 4.79 Å². The Labute approximate surface area is 143 Å². The SMILES string of the molecule is CC1CC(C(=O)O)CN(C(=O)NC2CCCC2c2ccccc2)C1. The minimum atomic E-state index is -0.803. The van der Waals surface area contributed by atoms with Crippen molar-refractivity contribution in [2.24, 2.45) is 11.8 Å². The largest absolute Gasteiger partial charge is 0.481 e. The summed E-state index contributed by atoms with van der Waals surface area (Å²) in [4.78, 5) is 25.6. The van der Waals surface area contributed by atoms with Crippen molar-refractivity contribution in [1.29, 1.82) is 0 Å². The molecule has 5 nitrogen and oxygen atoms in total. The number of nitrogens with one attached hydrogen (secondary N) is 1. The fourth-order valence-electron chi connectivity index (χ4n) is 4.18. The van der Waals surface area contributed by atoms with E-state index in [0.29, 0.717) is 25.4 Å². The van der Waals surface area contributed by atoms with Crippen molar-refractivity contribution in [2.75, 3.05) is 13.1 Å². The van der Waals surface area contributed by atoms with Crippen molar-refractivity contribution in [2.45, 2.75) is 44.6 Å². The number of nitrogens with zero attached hydrogens (tertiary/aromatic N) is 1. The van der Waals surface area contributed by atoms with Crippen molar-refractivity contribution < 1.29 is 14.7 Å². The molecule has 0 bridgehead atoms. The first-order chi connectivity index (χ1) is 11.5. The van der Waals surface area contributed by atoms with Crippen LogP contribution in [0, 0.1) is 11.8 Å². The maximum Gasteiger partial charge on any atom is 0.317 e. The Morgan fingerprint density at radius 3 is 2.62 bits per heavy atom. The number of rotatable bonds is 3. The summed E-state index contributed by atoms with van der Waals surface area (Å²) in [6.07, 6.45) is 3.83. The molecule has 1 aromatic rings. The molecular weight excluding hydrogens is 304 g/mol. The van der Waals surface area contributed by atoms with Gasteiger partial charge in [0.05, 0.1) is 5.92 Å². The Kier molecular flexibility index (Phi) is 5.07. The van der Waals surface area contributed by atoms with Crippen molar-refractivity contribution in [3.63, 3.8) is 0 Å². The number of amides is 2. The van der Waals surface area contributed by atoms with Crippen LogP contribution in [0.4, 0.5) is 4.79 Å². The lowest BCUT2D eigenvalue weighted by Gasteiger charge is -2.36. The first-order valence-corrected chi connectivity index (χ1v) is 8.87. The van der Waals surface area contributed by atoms with Gasteiger partial charge in [0.25, 0.3) is 0 Å². The fourth-order valence-corrected chi connectivity index (χ4v) is 4.18. The Morgan fingerprint density at radius 1 is 1.17 bits per heavy atom. The highest BCUT2D eigenvalue weighted by atomic mass is 16.4. The molecule has 130 valence electrons. The van der Waals surface area contributed by atoms with Crippen LogP contribution in [0.2, 0.25) is 0 Å². The van der Waals surface area contributed by atoms with E-state index in [4.69, 9.17) is 0 Å². The molecule has 1 aromatic carbocycles. The van der Waals surface area contributed by atoms with E-state index in [2.05, 4.69) is 17.4 Å². The summed E-state index contributed by atoms with van der Waals surface area (Å²) in [7, 11) is 0. The van der Waals surface area contributed by atoms with E-state index >= 15 is 0 Å². The number of piperidine rings is 1. The Bertz CT molecular complexity index is 590. The summed E-state index contributed by atoms with van der Waals surface area (Å²) in [6, 6.07) is 10.4. The van der Waals surface area contributed by atoms with Gasteiger partial charge in [0, 0.05) is 25.0 Å². The molecule has 4 unspecified atom stereocenters. The fraction of sp³-hybridized carbons (Fsp3) is 0.579. The molecule has 24 heavy (non-hydrogen) atoms. The number of carboxylic acid groups (broad SMARTS) is 1. The van der Waals surface area contributed by atoms with Crippen molar-refractivity contribution >= 4 is 12.0 Å². The molecule has 2 amide bonds. The Balaban J connectivity index is 1.64. The number of carbonyl (C=O) groups excluding carboxylic acids is 1. The summed E-state index contributed by atoms with van der Waals surface area (Å²) in [5, 5.41) is 12.4. The van der Waals surface area contributed by atoms with Gasteiger partial charge >= 0.3 is 12.0 Å². The lowest BCUT2D eigenvalue weighted by atomic mass is 9.90. The van der Waals surface area contributed by atoms with Crippen molar-refractivity contribution in [3.8, 4) is 0 Å². The second-order valence-corrected chi connectivity index (χ2v) is 7.29. The van der Waals surface area contributed by atoms with Gasteiger partial charge in [-0.2, -0.15) is 0 Å². The summed E-state index contributed by atoms with van der Waals surface area (Å²) >= 11 is 0. The topological polar surface area (TPSA) is 69.6 Å². The van der Waals surface area contributed by atoms with Gasteiger partial charge in [-0.25, -0.2) is 4.79 Å². The molecule has 1 aliphatic heterocycles. The van der Waals surface area contributed by atoms with E-state index in [1.165, 1.54) is 5.56 Å². The molecule has 0 aromatic heterocycles. The number of aliphatic carboxylic acids is 1. The molecular formula is C19H26N2O3. The molecule has 0 radical (unpaired) electrons. The van der Waals surface area contributed by atoms with Crippen LogP contribution in [0.25, 0.3) is 0 Å². The highest BCUT2D eigenvalue weighted by molar-refractivity contribution is 5.77. The van der Waals surface area contributed by atoms with Crippen molar-refractivity contribution in [3.05, 3.63) is 35.9 Å². The van der Waals surface area contributed by atoms with Gasteiger partial charge in [0.2, 0.25) is 0 Å². The number of hydrogen-bond acceptors (Lipinski definition) is 2. The molecule has 1 saturated carbocycles. The van der Waals surface area contributed by atoms with Crippen LogP contribution in [0.5, 0.6) is 0 Å². The predicted molar refractivity (Wildman–Crippen MR) is 91.8 cm³/mol. The second-order valence-electron chi connectivity index (χ2n) is 7.29. The summed E-state index contributed by atoms with van der Waals surface area (Å²) in [5.74, 6) is -0.679. The lowest BCUT2D eigenvalue weighted by Crippen LogP contribution is -2.52. The predicted octanol–water partition coefficient (Wildman–Crippen LogP) is 3.07. The molecule has 2 N–H and O–H groups in total. The molecule has 1 heterocycles. The molecule has 2 fully saturated rings. The molecule has 4 atom stereocenters. The minimum absolute atomic E-state index is 0.111. The van der Waals surface area contributed by atoms with Gasteiger partial charge in [0.15, 0.2) is 0 Å². The normalized spacial score (nSPS) is 30.1. The summed E-state index contributed by atoms with van der Waals surface area (Å²) in [6.45, 7) is 2.96. The summed E-state index contributed by atoms with van der Waals surface area (Å²) < 4.78 is 0. The Morgan fingerprint density at radius 2 is 1.92 bits per heavy atom. The van der Waals surface area contributed by atoms with E-state index in [1.807, 2.05) is 25.1 Å². The first kappa shape index (κ1) is 16.8. The minimum Gasteiger partial charge on any atom is -0.481 e. The van der Waals surface area contributed by atoms with E-state index in [0.717, 1.165) is 19.3 Å². The molecule has 3 rings (SSSR count). The van der Waals surface area contributed by atoms with Crippen LogP contribution >= 0.6 is 0 Å². The van der Waals surface area contributed by atoms with Crippen LogP contribution in [-0.4, -0.2) is 41.1 Å². The second kappa shape index (κ2) is 7.24. The van der Waals surface area contributed by atoms with Gasteiger partial charge < -0.3 is 15.3 Å². The average molecular weight is 330 g/mol. The lowest BCUT2D eigenvalue weighted by molar-refractivity contribution is -0.143. The van der Waals surface area contributed by atoms with E-state index < -0.39 is 11.9 Å². The standard InChI is InChI=1S/C19H26N2O3/c1-13-10-15(18(22)23)12-21(11-13)19(24)20-17-9-5-8-16(17)14-6-3-2-4-7-14/h2-4,6-7,13,15-17H,5,8-12H2,1H3,(H,20,24)(H,22,23). The molecule has 0 spiro atoms. The maximum atomic E-state index is 12.7. The molecule has 1 aliphatic carbocycles. The van der Waals surface area contributed by atoms with Crippen LogP contribution in [0.3, 0.4) is 0 Å². The number of likely N-dealkylation sites (tertiary alicyclic amines) is 1. The van der Waals surface area contributed by atoms with Crippen molar-refractivity contribution in [1.82, 2.24) is 10.2 Å². The van der Waals surface area contributed by atoms with Gasteiger partial charge in [-0.1, -0.05) is 43.7 Å². The highest BCUT2D eigenvalue weighted by Gasteiger charge is 2.35. The van der Waals surface area contributed by atoms with E-state index in [-0.39, 0.29) is 18.0 Å². The van der Waals surface area contributed by atoms with Crippen LogP contribution in [0.1, 0.15) is 44.1 Å². The number of urea groups is 1. The zero-order valence-electron chi connectivity index (χ0n) is 14.1. The average Bonchev–Trinajstić information content (AvgIpc) is 3.03. The van der Waals surface area contributed by atoms with Gasteiger partial charge in [-0.05, 0) is 30.7 Å². The molecule has 1 saturated heterocycles. The quantitative estimate of drug-likeness (QED) is 0.895. The van der Waals surface area contributed by atoms with Gasteiger partial charge in [-0.15, -0.1) is 0 Å². The number of carbonyl (C=O) groups is 2. The highest BCUT2D eigenvalue weighted by Crippen LogP contribution is 2.34. The Hall–Kier alpha value is -2.04. The number of benzene rings is 1. The molecule has 2 aliphatic rings. The third kappa shape index (κ3) is 3.71. The monoisotopic (exact) mass is 330 g/mol. The smallest absolute Gasteiger partial charge is 0.317 e. The molecule has 5 heteroatoms. The first-order valence-electron chi connectivity index (χ1n) is 8.87. The number of carboxylic acids is 1. The van der Waals surface area contributed by atoms with E-state index in [9.17, 15) is 14.7 Å². The van der Waals surface area contributed by atoms with Crippen LogP contribution < -0.4 is 5.32 Å². The van der Waals surface area contributed by atoms with Gasteiger partial charge in [0.1, 0.15) is 0 Å². The van der Waals surface area contributed by atoms with Crippen LogP contribution in [-0.2, 0) is 4.79 Å². The zero-order chi connectivity index (χ0) is 17.1. The zero-order valence-corrected chi connectivity index (χ0v) is 14.1. The third-order valence-corrected chi connectivity index (χ3v) is 5.35. The maximum absolute atomic E-state index is 12.7. The van der Waals surface area contributed by atoms with E-state index in [1.54, 1.807) is 4.90 Å². The van der Waals surface area contributed by atoms with Crippen LogP contribution in [0.15, 0.2) is 30.3 Å².